The number of hydrogen-bond acceptors (Lipinski definition) is 5. The fourth-order valence-corrected chi connectivity index (χ4v) is 1.67. The number of carbonyl (C=O) groups is 1. The van der Waals surface area contributed by atoms with E-state index in [1.165, 1.54) is 6.92 Å². The molecular weight excluding hydrogens is 212 g/mol. The minimum Gasteiger partial charge on any atom is -0.463 e. The summed E-state index contributed by atoms with van der Waals surface area (Å²) < 4.78 is 15.8. The van der Waals surface area contributed by atoms with Gasteiger partial charge in [-0.15, -0.1) is 0 Å². The number of hydrogen-bond donors (Lipinski definition) is 1. The third kappa shape index (κ3) is 4.08. The second-order valence-electron chi connectivity index (χ2n) is 4.64. The molecule has 1 rings (SSSR count). The van der Waals surface area contributed by atoms with Crippen LogP contribution in [0.2, 0.25) is 0 Å². The SMILES string of the molecule is CC(=O)OC[C@H]1OCC(OC(C)(C)O)[C@H]1C. The molecule has 0 amide bonds. The summed E-state index contributed by atoms with van der Waals surface area (Å²) >= 11 is 0. The van der Waals surface area contributed by atoms with Crippen molar-refractivity contribution in [2.75, 3.05) is 13.2 Å². The monoisotopic (exact) mass is 232 g/mol. The highest BCUT2D eigenvalue weighted by Crippen LogP contribution is 2.26. The van der Waals surface area contributed by atoms with Crippen LogP contribution in [0.3, 0.4) is 0 Å². The molecule has 0 bridgehead atoms. The molecule has 0 aromatic rings. The Hall–Kier alpha value is -0.650. The van der Waals surface area contributed by atoms with Crippen molar-refractivity contribution in [2.24, 2.45) is 5.92 Å². The predicted molar refractivity (Wildman–Crippen MR) is 56.7 cm³/mol. The summed E-state index contributed by atoms with van der Waals surface area (Å²) in [6, 6.07) is 0. The minimum atomic E-state index is -1.17. The molecule has 1 N–H and O–H groups in total. The second-order valence-corrected chi connectivity index (χ2v) is 4.64. The van der Waals surface area contributed by atoms with E-state index in [0.717, 1.165) is 0 Å². The average Bonchev–Trinajstić information content (AvgIpc) is 2.43. The van der Waals surface area contributed by atoms with Crippen LogP contribution in [-0.4, -0.2) is 42.3 Å². The van der Waals surface area contributed by atoms with Gasteiger partial charge >= 0.3 is 5.97 Å². The molecule has 1 unspecified atom stereocenters. The number of aliphatic hydroxyl groups is 1. The van der Waals surface area contributed by atoms with E-state index >= 15 is 0 Å². The van der Waals surface area contributed by atoms with Gasteiger partial charge in [-0.2, -0.15) is 0 Å². The van der Waals surface area contributed by atoms with Crippen molar-refractivity contribution in [3.8, 4) is 0 Å². The number of carbonyl (C=O) groups excluding carboxylic acids is 1. The molecular formula is C11H20O5. The quantitative estimate of drug-likeness (QED) is 0.571. The van der Waals surface area contributed by atoms with E-state index in [4.69, 9.17) is 14.2 Å². The van der Waals surface area contributed by atoms with Crippen LogP contribution < -0.4 is 0 Å². The molecule has 1 saturated heterocycles. The van der Waals surface area contributed by atoms with Crippen molar-refractivity contribution in [1.82, 2.24) is 0 Å². The molecule has 1 aliphatic heterocycles. The summed E-state index contributed by atoms with van der Waals surface area (Å²) in [5.41, 5.74) is 0. The van der Waals surface area contributed by atoms with Gasteiger partial charge in [-0.1, -0.05) is 6.92 Å². The lowest BCUT2D eigenvalue weighted by atomic mass is 10.0. The van der Waals surface area contributed by atoms with Gasteiger partial charge in [-0.3, -0.25) is 4.79 Å². The van der Waals surface area contributed by atoms with E-state index in [9.17, 15) is 9.90 Å². The second kappa shape index (κ2) is 5.12. The van der Waals surface area contributed by atoms with Gasteiger partial charge in [0, 0.05) is 12.8 Å². The summed E-state index contributed by atoms with van der Waals surface area (Å²) in [5.74, 6) is -1.40. The van der Waals surface area contributed by atoms with Crippen molar-refractivity contribution in [3.05, 3.63) is 0 Å². The molecule has 5 heteroatoms. The maximum absolute atomic E-state index is 10.7. The number of ether oxygens (including phenoxy) is 3. The topological polar surface area (TPSA) is 65.0 Å². The normalized spacial score (nSPS) is 30.4. The summed E-state index contributed by atoms with van der Waals surface area (Å²) in [7, 11) is 0. The molecule has 94 valence electrons. The lowest BCUT2D eigenvalue weighted by Crippen LogP contribution is -2.35. The van der Waals surface area contributed by atoms with Crippen molar-refractivity contribution in [3.63, 3.8) is 0 Å². The Labute approximate surface area is 95.7 Å². The number of esters is 1. The maximum atomic E-state index is 10.7. The van der Waals surface area contributed by atoms with Gasteiger partial charge in [0.2, 0.25) is 0 Å². The molecule has 3 atom stereocenters. The smallest absolute Gasteiger partial charge is 0.302 e. The molecule has 1 fully saturated rings. The molecule has 0 spiro atoms. The van der Waals surface area contributed by atoms with Crippen LogP contribution in [0.1, 0.15) is 27.7 Å². The summed E-state index contributed by atoms with van der Waals surface area (Å²) in [6.07, 6.45) is -0.322. The van der Waals surface area contributed by atoms with Crippen molar-refractivity contribution >= 4 is 5.97 Å². The van der Waals surface area contributed by atoms with Gasteiger partial charge in [-0.05, 0) is 13.8 Å². The van der Waals surface area contributed by atoms with Crippen molar-refractivity contribution in [1.29, 1.82) is 0 Å². The zero-order valence-corrected chi connectivity index (χ0v) is 10.2. The Bertz CT molecular complexity index is 245. The van der Waals surface area contributed by atoms with E-state index < -0.39 is 5.79 Å². The molecule has 5 nitrogen and oxygen atoms in total. The highest BCUT2D eigenvalue weighted by atomic mass is 16.6. The molecule has 16 heavy (non-hydrogen) atoms. The van der Waals surface area contributed by atoms with Crippen LogP contribution in [-0.2, 0) is 19.0 Å². The summed E-state index contributed by atoms with van der Waals surface area (Å²) in [4.78, 5) is 10.7. The Morgan fingerprint density at radius 2 is 2.19 bits per heavy atom. The lowest BCUT2D eigenvalue weighted by Gasteiger charge is -2.25. The molecule has 0 aromatic heterocycles. The highest BCUT2D eigenvalue weighted by Gasteiger charge is 2.37. The van der Waals surface area contributed by atoms with Gasteiger partial charge in [-0.25, -0.2) is 0 Å². The number of rotatable bonds is 4. The predicted octanol–water partition coefficient (Wildman–Crippen LogP) is 0.698. The van der Waals surface area contributed by atoms with Crippen LogP contribution in [0.25, 0.3) is 0 Å². The fraction of sp³-hybridized carbons (Fsp3) is 0.909. The van der Waals surface area contributed by atoms with E-state index in [-0.39, 0.29) is 30.7 Å². The van der Waals surface area contributed by atoms with Gasteiger partial charge in [0.15, 0.2) is 5.79 Å². The fourth-order valence-electron chi connectivity index (χ4n) is 1.67. The van der Waals surface area contributed by atoms with E-state index in [1.807, 2.05) is 6.92 Å². The zero-order valence-electron chi connectivity index (χ0n) is 10.2. The van der Waals surface area contributed by atoms with Crippen molar-refractivity contribution < 1.29 is 24.1 Å². The third-order valence-corrected chi connectivity index (χ3v) is 2.54. The Kier molecular flexibility index (Phi) is 4.29. The summed E-state index contributed by atoms with van der Waals surface area (Å²) in [5, 5.41) is 9.54. The first-order valence-electron chi connectivity index (χ1n) is 5.45. The van der Waals surface area contributed by atoms with E-state index in [1.54, 1.807) is 13.8 Å². The van der Waals surface area contributed by atoms with Gasteiger partial charge in [0.05, 0.1) is 18.8 Å². The first-order valence-corrected chi connectivity index (χ1v) is 5.45. The molecule has 0 radical (unpaired) electrons. The lowest BCUT2D eigenvalue weighted by molar-refractivity contribution is -0.210. The van der Waals surface area contributed by atoms with Gasteiger partial charge < -0.3 is 19.3 Å². The largest absolute Gasteiger partial charge is 0.463 e. The first kappa shape index (κ1) is 13.4. The van der Waals surface area contributed by atoms with Crippen LogP contribution in [0.4, 0.5) is 0 Å². The standard InChI is InChI=1S/C11H20O5/c1-7-9(5-14-8(2)12)15-6-10(7)16-11(3,4)13/h7,9-10,13H,5-6H2,1-4H3/t7-,9+,10?/m0/s1. The highest BCUT2D eigenvalue weighted by molar-refractivity contribution is 5.65. The van der Waals surface area contributed by atoms with Crippen LogP contribution >= 0.6 is 0 Å². The minimum absolute atomic E-state index is 0.0887. The molecule has 0 aliphatic carbocycles. The van der Waals surface area contributed by atoms with Gasteiger partial charge in [0.25, 0.3) is 0 Å². The molecule has 0 aromatic carbocycles. The average molecular weight is 232 g/mol. The zero-order chi connectivity index (χ0) is 12.3. The van der Waals surface area contributed by atoms with E-state index in [0.29, 0.717) is 6.61 Å². The molecule has 0 saturated carbocycles. The van der Waals surface area contributed by atoms with E-state index in [2.05, 4.69) is 0 Å². The van der Waals surface area contributed by atoms with Crippen LogP contribution in [0, 0.1) is 5.92 Å². The maximum Gasteiger partial charge on any atom is 0.302 e. The summed E-state index contributed by atoms with van der Waals surface area (Å²) in [6.45, 7) is 7.14. The van der Waals surface area contributed by atoms with Crippen molar-refractivity contribution in [2.45, 2.75) is 45.7 Å². The Morgan fingerprint density at radius 1 is 1.56 bits per heavy atom. The van der Waals surface area contributed by atoms with Crippen LogP contribution in [0.15, 0.2) is 0 Å². The Morgan fingerprint density at radius 3 is 2.69 bits per heavy atom. The molecule has 1 heterocycles. The van der Waals surface area contributed by atoms with Crippen LogP contribution in [0.5, 0.6) is 0 Å². The third-order valence-electron chi connectivity index (χ3n) is 2.54. The van der Waals surface area contributed by atoms with Gasteiger partial charge in [0.1, 0.15) is 6.61 Å². The first-order chi connectivity index (χ1) is 7.29. The Balaban J connectivity index is 2.41. The molecule has 1 aliphatic rings.